The van der Waals surface area contributed by atoms with E-state index >= 15 is 0 Å². The Bertz CT molecular complexity index is 875. The van der Waals surface area contributed by atoms with Gasteiger partial charge in [0.2, 0.25) is 0 Å². The molecule has 0 aliphatic heterocycles. The molecule has 7 heteroatoms. The Hall–Kier alpha value is -2.34. The van der Waals surface area contributed by atoms with Crippen molar-refractivity contribution in [1.82, 2.24) is 4.98 Å². The van der Waals surface area contributed by atoms with Gasteiger partial charge in [-0.25, -0.2) is 4.79 Å². The highest BCUT2D eigenvalue weighted by Gasteiger charge is 2.18. The molecule has 0 saturated carbocycles. The Balaban J connectivity index is 0.00000182. The van der Waals surface area contributed by atoms with Crippen LogP contribution in [0.5, 0.6) is 5.75 Å². The van der Waals surface area contributed by atoms with E-state index in [-0.39, 0.29) is 30.9 Å². The number of hydrogen-bond acceptors (Lipinski definition) is 5. The van der Waals surface area contributed by atoms with Crippen molar-refractivity contribution in [2.45, 2.75) is 12.5 Å². The van der Waals surface area contributed by atoms with Crippen molar-refractivity contribution in [2.75, 3.05) is 13.7 Å². The highest BCUT2D eigenvalue weighted by atomic mass is 35.5. The lowest BCUT2D eigenvalue weighted by atomic mass is 10.1. The normalized spacial score (nSPS) is 11.0. The number of benzene rings is 2. The molecule has 2 N–H and O–H groups in total. The second-order valence-corrected chi connectivity index (χ2v) is 5.79. The number of aromatic nitrogens is 1. The van der Waals surface area contributed by atoms with Gasteiger partial charge in [-0.1, -0.05) is 30.3 Å². The maximum absolute atomic E-state index is 12.2. The van der Waals surface area contributed by atoms with Gasteiger partial charge in [0.25, 0.3) is 0 Å². The molecule has 3 rings (SSSR count). The SMILES string of the molecule is COC(=O)c1c(OCC(N)Cc2ccccc2)ccc2cnccc12.Cl.Cl. The minimum atomic E-state index is -0.441. The van der Waals surface area contributed by atoms with E-state index in [4.69, 9.17) is 15.2 Å². The average Bonchev–Trinajstić information content (AvgIpc) is 2.66. The molecule has 0 spiro atoms. The first-order valence-electron chi connectivity index (χ1n) is 8.06. The maximum atomic E-state index is 12.2. The standard InChI is InChI=1S/C20H20N2O3.2ClH/c1-24-20(23)19-17-9-10-22-12-15(17)7-8-18(19)25-13-16(21)11-14-5-3-2-4-6-14;;/h2-10,12,16H,11,13,21H2,1H3;2*1H. The number of nitrogens with zero attached hydrogens (tertiary/aromatic N) is 1. The second kappa shape index (κ2) is 10.7. The molecular formula is C20H22Cl2N2O3. The summed E-state index contributed by atoms with van der Waals surface area (Å²) in [4.78, 5) is 16.3. The van der Waals surface area contributed by atoms with Crippen LogP contribution in [0.15, 0.2) is 60.9 Å². The molecule has 27 heavy (non-hydrogen) atoms. The number of fused-ring (bicyclic) bond motifs is 1. The first-order valence-corrected chi connectivity index (χ1v) is 8.06. The first kappa shape index (κ1) is 22.7. The number of hydrogen-bond donors (Lipinski definition) is 1. The Labute approximate surface area is 170 Å². The first-order chi connectivity index (χ1) is 12.2. The number of ether oxygens (including phenoxy) is 2. The third-order valence-electron chi connectivity index (χ3n) is 3.97. The van der Waals surface area contributed by atoms with Crippen LogP contribution in [0.25, 0.3) is 10.8 Å². The van der Waals surface area contributed by atoms with Crippen molar-refractivity contribution in [1.29, 1.82) is 0 Å². The highest BCUT2D eigenvalue weighted by Crippen LogP contribution is 2.28. The number of carbonyl (C=O) groups excluding carboxylic acids is 1. The highest BCUT2D eigenvalue weighted by molar-refractivity contribution is 6.06. The largest absolute Gasteiger partial charge is 0.491 e. The quantitative estimate of drug-likeness (QED) is 0.627. The Kier molecular flexibility index (Phi) is 9.02. The molecule has 0 radical (unpaired) electrons. The van der Waals surface area contributed by atoms with Crippen LogP contribution in [0, 0.1) is 0 Å². The Morgan fingerprint density at radius 2 is 1.85 bits per heavy atom. The van der Waals surface area contributed by atoms with E-state index in [1.165, 1.54) is 7.11 Å². The predicted molar refractivity (Wildman–Crippen MR) is 111 cm³/mol. The summed E-state index contributed by atoms with van der Waals surface area (Å²) in [5, 5.41) is 1.60. The van der Waals surface area contributed by atoms with Gasteiger partial charge in [-0.3, -0.25) is 4.98 Å². The lowest BCUT2D eigenvalue weighted by Gasteiger charge is -2.16. The van der Waals surface area contributed by atoms with Crippen LogP contribution in [0.2, 0.25) is 0 Å². The van der Waals surface area contributed by atoms with Crippen LogP contribution in [-0.4, -0.2) is 30.7 Å². The Morgan fingerprint density at radius 1 is 1.11 bits per heavy atom. The van der Waals surface area contributed by atoms with Gasteiger partial charge in [-0.15, -0.1) is 24.8 Å². The van der Waals surface area contributed by atoms with Crippen LogP contribution in [0.4, 0.5) is 0 Å². The fourth-order valence-electron chi connectivity index (χ4n) is 2.75. The van der Waals surface area contributed by atoms with Gasteiger partial charge in [-0.2, -0.15) is 0 Å². The van der Waals surface area contributed by atoms with Crippen molar-refractivity contribution in [3.63, 3.8) is 0 Å². The van der Waals surface area contributed by atoms with Gasteiger partial charge in [-0.05, 0) is 30.2 Å². The lowest BCUT2D eigenvalue weighted by molar-refractivity contribution is 0.0598. The third-order valence-corrected chi connectivity index (χ3v) is 3.97. The number of nitrogens with two attached hydrogens (primary N) is 1. The number of rotatable bonds is 6. The maximum Gasteiger partial charge on any atom is 0.342 e. The summed E-state index contributed by atoms with van der Waals surface area (Å²) < 4.78 is 10.8. The smallest absolute Gasteiger partial charge is 0.342 e. The summed E-state index contributed by atoms with van der Waals surface area (Å²) in [6, 6.07) is 15.2. The number of pyridine rings is 1. The van der Waals surface area contributed by atoms with Crippen molar-refractivity contribution in [3.05, 3.63) is 72.1 Å². The minimum Gasteiger partial charge on any atom is -0.491 e. The van der Waals surface area contributed by atoms with Gasteiger partial charge in [0.15, 0.2) is 0 Å². The van der Waals surface area contributed by atoms with Crippen molar-refractivity contribution < 1.29 is 14.3 Å². The molecule has 1 unspecified atom stereocenters. The van der Waals surface area contributed by atoms with Crippen molar-refractivity contribution >= 4 is 41.6 Å². The van der Waals surface area contributed by atoms with Crippen LogP contribution in [-0.2, 0) is 11.2 Å². The molecule has 1 atom stereocenters. The lowest BCUT2D eigenvalue weighted by Crippen LogP contribution is -2.30. The minimum absolute atomic E-state index is 0. The molecule has 0 saturated heterocycles. The Morgan fingerprint density at radius 3 is 2.56 bits per heavy atom. The summed E-state index contributed by atoms with van der Waals surface area (Å²) >= 11 is 0. The van der Waals surface area contributed by atoms with Crippen LogP contribution in [0.3, 0.4) is 0 Å². The van der Waals surface area contributed by atoms with Gasteiger partial charge in [0.1, 0.15) is 17.9 Å². The number of halogens is 2. The molecule has 0 fully saturated rings. The van der Waals surface area contributed by atoms with E-state index in [0.717, 1.165) is 16.3 Å². The molecule has 0 aliphatic rings. The van der Waals surface area contributed by atoms with E-state index in [0.29, 0.717) is 24.3 Å². The summed E-state index contributed by atoms with van der Waals surface area (Å²) in [5.41, 5.74) is 7.72. The zero-order valence-electron chi connectivity index (χ0n) is 14.8. The molecule has 0 aliphatic carbocycles. The van der Waals surface area contributed by atoms with Crippen molar-refractivity contribution in [2.24, 2.45) is 5.73 Å². The molecule has 1 aromatic heterocycles. The van der Waals surface area contributed by atoms with Crippen LogP contribution in [0.1, 0.15) is 15.9 Å². The number of esters is 1. The average molecular weight is 409 g/mol. The fraction of sp³-hybridized carbons (Fsp3) is 0.200. The molecule has 0 bridgehead atoms. The van der Waals surface area contributed by atoms with E-state index in [2.05, 4.69) is 4.98 Å². The van der Waals surface area contributed by atoms with E-state index in [9.17, 15) is 4.79 Å². The summed E-state index contributed by atoms with van der Waals surface area (Å²) in [5.74, 6) is 0.0255. The van der Waals surface area contributed by atoms with Gasteiger partial charge in [0.05, 0.1) is 7.11 Å². The van der Waals surface area contributed by atoms with Crippen LogP contribution >= 0.6 is 24.8 Å². The van der Waals surface area contributed by atoms with E-state index in [1.807, 2.05) is 36.4 Å². The van der Waals surface area contributed by atoms with Crippen molar-refractivity contribution in [3.8, 4) is 5.75 Å². The molecule has 3 aromatic rings. The fourth-order valence-corrected chi connectivity index (χ4v) is 2.75. The van der Waals surface area contributed by atoms with Gasteiger partial charge >= 0.3 is 5.97 Å². The second-order valence-electron chi connectivity index (χ2n) is 5.79. The molecule has 0 amide bonds. The van der Waals surface area contributed by atoms with E-state index in [1.54, 1.807) is 24.5 Å². The van der Waals surface area contributed by atoms with Gasteiger partial charge < -0.3 is 15.2 Å². The molecule has 5 nitrogen and oxygen atoms in total. The third kappa shape index (κ3) is 5.57. The number of carbonyl (C=O) groups is 1. The van der Waals surface area contributed by atoms with E-state index < -0.39 is 5.97 Å². The predicted octanol–water partition coefficient (Wildman–Crippen LogP) is 3.81. The summed E-state index contributed by atoms with van der Waals surface area (Å²) in [6.07, 6.45) is 4.04. The molecule has 144 valence electrons. The zero-order valence-corrected chi connectivity index (χ0v) is 16.5. The molecular weight excluding hydrogens is 387 g/mol. The molecule has 1 heterocycles. The zero-order chi connectivity index (χ0) is 17.6. The number of methoxy groups -OCH3 is 1. The molecule has 2 aromatic carbocycles. The summed E-state index contributed by atoms with van der Waals surface area (Å²) in [7, 11) is 1.35. The van der Waals surface area contributed by atoms with Crippen LogP contribution < -0.4 is 10.5 Å². The summed E-state index contributed by atoms with van der Waals surface area (Å²) in [6.45, 7) is 0.301. The van der Waals surface area contributed by atoms with Gasteiger partial charge in [0, 0.05) is 29.2 Å². The topological polar surface area (TPSA) is 74.4 Å². The monoisotopic (exact) mass is 408 g/mol.